The van der Waals surface area contributed by atoms with Crippen molar-refractivity contribution in [1.29, 1.82) is 0 Å². The number of benzene rings is 1. The first kappa shape index (κ1) is 16.8. The van der Waals surface area contributed by atoms with Gasteiger partial charge in [0.15, 0.2) is 5.78 Å². The highest BCUT2D eigenvalue weighted by Crippen LogP contribution is 2.23. The smallest absolute Gasteiger partial charge is 0.317 e. The average molecular weight is 332 g/mol. The minimum atomic E-state index is -0.0539. The molecular weight excluding hydrogens is 308 g/mol. The summed E-state index contributed by atoms with van der Waals surface area (Å²) in [5, 5.41) is 12.3. The number of piperidine rings is 1. The zero-order valence-corrected chi connectivity index (χ0v) is 13.7. The van der Waals surface area contributed by atoms with Crippen LogP contribution in [0.25, 0.3) is 0 Å². The molecule has 1 aromatic rings. The minimum Gasteiger partial charge on any atom is -0.508 e. The third-order valence-corrected chi connectivity index (χ3v) is 4.87. The van der Waals surface area contributed by atoms with E-state index in [1.807, 2.05) is 0 Å². The van der Waals surface area contributed by atoms with Crippen molar-refractivity contribution in [1.82, 2.24) is 10.2 Å². The van der Waals surface area contributed by atoms with Crippen LogP contribution in [0.5, 0.6) is 5.75 Å². The summed E-state index contributed by atoms with van der Waals surface area (Å²) in [4.78, 5) is 26.5. The van der Waals surface area contributed by atoms with Crippen LogP contribution in [0, 0.1) is 11.8 Å². The highest BCUT2D eigenvalue weighted by molar-refractivity contribution is 5.98. The Balaban J connectivity index is 1.45. The molecule has 1 atom stereocenters. The van der Waals surface area contributed by atoms with Gasteiger partial charge in [0.1, 0.15) is 5.75 Å². The standard InChI is InChI=1S/C18H24N2O4/c21-16-3-1-14(2-4-16)17(22)15-5-8-20(9-6-15)18(23)19-11-13-7-10-24-12-13/h1-4,13,15,21H,5-12H2,(H,19,23)/t13-/m1/s1. The highest BCUT2D eigenvalue weighted by atomic mass is 16.5. The number of likely N-dealkylation sites (tertiary alicyclic amines) is 1. The molecule has 6 nitrogen and oxygen atoms in total. The van der Waals surface area contributed by atoms with Crippen molar-refractivity contribution in [2.24, 2.45) is 11.8 Å². The van der Waals surface area contributed by atoms with Crippen molar-refractivity contribution in [2.75, 3.05) is 32.8 Å². The van der Waals surface area contributed by atoms with Crippen LogP contribution < -0.4 is 5.32 Å². The van der Waals surface area contributed by atoms with Crippen LogP contribution in [-0.2, 0) is 4.74 Å². The summed E-state index contributed by atoms with van der Waals surface area (Å²) in [6.45, 7) is 3.36. The fraction of sp³-hybridized carbons (Fsp3) is 0.556. The monoisotopic (exact) mass is 332 g/mol. The molecule has 2 heterocycles. The van der Waals surface area contributed by atoms with Gasteiger partial charge in [-0.25, -0.2) is 4.79 Å². The van der Waals surface area contributed by atoms with Crippen LogP contribution in [-0.4, -0.2) is 54.7 Å². The van der Waals surface area contributed by atoms with E-state index >= 15 is 0 Å². The number of hydrogen-bond acceptors (Lipinski definition) is 4. The molecule has 3 rings (SSSR count). The van der Waals surface area contributed by atoms with Gasteiger partial charge >= 0.3 is 6.03 Å². The first-order valence-corrected chi connectivity index (χ1v) is 8.57. The second kappa shape index (κ2) is 7.66. The van der Waals surface area contributed by atoms with Crippen molar-refractivity contribution >= 4 is 11.8 Å². The molecule has 6 heteroatoms. The molecule has 2 N–H and O–H groups in total. The van der Waals surface area contributed by atoms with E-state index in [-0.39, 0.29) is 23.5 Å². The van der Waals surface area contributed by atoms with Crippen molar-refractivity contribution in [3.63, 3.8) is 0 Å². The predicted molar refractivity (Wildman–Crippen MR) is 89.1 cm³/mol. The topological polar surface area (TPSA) is 78.9 Å². The van der Waals surface area contributed by atoms with Crippen LogP contribution in [0.3, 0.4) is 0 Å². The van der Waals surface area contributed by atoms with Crippen LogP contribution in [0.1, 0.15) is 29.6 Å². The number of Topliss-reactive ketones (excluding diaryl/α,β-unsaturated/α-hetero) is 1. The minimum absolute atomic E-state index is 0.0440. The fourth-order valence-corrected chi connectivity index (χ4v) is 3.29. The summed E-state index contributed by atoms with van der Waals surface area (Å²) in [5.74, 6) is 0.619. The third-order valence-electron chi connectivity index (χ3n) is 4.87. The maximum atomic E-state index is 12.5. The van der Waals surface area contributed by atoms with Crippen molar-refractivity contribution in [3.8, 4) is 5.75 Å². The Bertz CT molecular complexity index is 573. The molecule has 2 fully saturated rings. The summed E-state index contributed by atoms with van der Waals surface area (Å²) in [6, 6.07) is 6.32. The Morgan fingerprint density at radius 1 is 1.17 bits per heavy atom. The van der Waals surface area contributed by atoms with Crippen LogP contribution in [0.15, 0.2) is 24.3 Å². The van der Waals surface area contributed by atoms with Gasteiger partial charge in [0, 0.05) is 43.6 Å². The van der Waals surface area contributed by atoms with Gasteiger partial charge < -0.3 is 20.1 Å². The van der Waals surface area contributed by atoms with Crippen LogP contribution in [0.4, 0.5) is 4.79 Å². The number of ether oxygens (including phenoxy) is 1. The molecule has 2 saturated heterocycles. The van der Waals surface area contributed by atoms with Gasteiger partial charge in [0.05, 0.1) is 6.61 Å². The third kappa shape index (κ3) is 4.06. The zero-order chi connectivity index (χ0) is 16.9. The molecule has 24 heavy (non-hydrogen) atoms. The van der Waals surface area contributed by atoms with E-state index in [1.54, 1.807) is 17.0 Å². The molecule has 0 spiro atoms. The number of phenols is 1. The van der Waals surface area contributed by atoms with E-state index in [4.69, 9.17) is 4.74 Å². The number of ketones is 1. The van der Waals surface area contributed by atoms with Crippen molar-refractivity contribution in [2.45, 2.75) is 19.3 Å². The van der Waals surface area contributed by atoms with Gasteiger partial charge in [-0.2, -0.15) is 0 Å². The number of urea groups is 1. The van der Waals surface area contributed by atoms with Gasteiger partial charge in [-0.3, -0.25) is 4.79 Å². The lowest BCUT2D eigenvalue weighted by Gasteiger charge is -2.31. The lowest BCUT2D eigenvalue weighted by Crippen LogP contribution is -2.46. The predicted octanol–water partition coefficient (Wildman–Crippen LogP) is 2.03. The summed E-state index contributed by atoms with van der Waals surface area (Å²) < 4.78 is 5.31. The van der Waals surface area contributed by atoms with Gasteiger partial charge in [0.25, 0.3) is 0 Å². The van der Waals surface area contributed by atoms with E-state index in [1.165, 1.54) is 12.1 Å². The SMILES string of the molecule is O=C(c1ccc(O)cc1)C1CCN(C(=O)NC[C@H]2CCOC2)CC1. The molecule has 1 aromatic carbocycles. The maximum Gasteiger partial charge on any atom is 0.317 e. The van der Waals surface area contributed by atoms with Gasteiger partial charge in [-0.15, -0.1) is 0 Å². The second-order valence-electron chi connectivity index (χ2n) is 6.59. The van der Waals surface area contributed by atoms with E-state index in [2.05, 4.69) is 5.32 Å². The Kier molecular flexibility index (Phi) is 5.35. The summed E-state index contributed by atoms with van der Waals surface area (Å²) >= 11 is 0. The molecule has 0 unspecified atom stereocenters. The molecule has 0 radical (unpaired) electrons. The molecule has 130 valence electrons. The Hall–Kier alpha value is -2.08. The number of carbonyl (C=O) groups is 2. The lowest BCUT2D eigenvalue weighted by molar-refractivity contribution is 0.0854. The molecule has 0 bridgehead atoms. The number of hydrogen-bond donors (Lipinski definition) is 2. The van der Waals surface area contributed by atoms with Gasteiger partial charge in [0.2, 0.25) is 0 Å². The molecule has 0 saturated carbocycles. The first-order valence-electron chi connectivity index (χ1n) is 8.57. The Morgan fingerprint density at radius 3 is 2.50 bits per heavy atom. The Labute approximate surface area is 141 Å². The van der Waals surface area contributed by atoms with E-state index < -0.39 is 0 Å². The van der Waals surface area contributed by atoms with Gasteiger partial charge in [-0.05, 0) is 43.5 Å². The molecule has 0 aliphatic carbocycles. The number of rotatable bonds is 4. The summed E-state index contributed by atoms with van der Waals surface area (Å²) in [7, 11) is 0. The van der Waals surface area contributed by atoms with Crippen LogP contribution in [0.2, 0.25) is 0 Å². The largest absolute Gasteiger partial charge is 0.508 e. The van der Waals surface area contributed by atoms with Crippen molar-refractivity contribution < 1.29 is 19.4 Å². The van der Waals surface area contributed by atoms with Crippen LogP contribution >= 0.6 is 0 Å². The van der Waals surface area contributed by atoms with Gasteiger partial charge in [-0.1, -0.05) is 0 Å². The van der Waals surface area contributed by atoms with Crippen molar-refractivity contribution in [3.05, 3.63) is 29.8 Å². The number of nitrogens with zero attached hydrogens (tertiary/aromatic N) is 1. The normalized spacial score (nSPS) is 21.7. The summed E-state index contributed by atoms with van der Waals surface area (Å²) in [6.07, 6.45) is 2.36. The van der Waals surface area contributed by atoms with E-state index in [0.29, 0.717) is 44.0 Å². The average Bonchev–Trinajstić information content (AvgIpc) is 3.13. The molecule has 0 aromatic heterocycles. The molecule has 2 aliphatic rings. The number of aromatic hydroxyl groups is 1. The van der Waals surface area contributed by atoms with E-state index in [9.17, 15) is 14.7 Å². The molecular formula is C18H24N2O4. The molecule has 2 aliphatic heterocycles. The fourth-order valence-electron chi connectivity index (χ4n) is 3.29. The zero-order valence-electron chi connectivity index (χ0n) is 13.7. The Morgan fingerprint density at radius 2 is 1.88 bits per heavy atom. The second-order valence-corrected chi connectivity index (χ2v) is 6.59. The number of nitrogens with one attached hydrogen (secondary N) is 1. The number of amides is 2. The lowest BCUT2D eigenvalue weighted by atomic mass is 9.89. The number of carbonyl (C=O) groups excluding carboxylic acids is 2. The highest BCUT2D eigenvalue weighted by Gasteiger charge is 2.28. The molecule has 2 amide bonds. The van der Waals surface area contributed by atoms with E-state index in [0.717, 1.165) is 19.6 Å². The summed E-state index contributed by atoms with van der Waals surface area (Å²) in [5.41, 5.74) is 0.622. The quantitative estimate of drug-likeness (QED) is 0.827. The first-order chi connectivity index (χ1) is 11.6. The maximum absolute atomic E-state index is 12.5. The number of phenolic OH excluding ortho intramolecular Hbond substituents is 1.